The predicted molar refractivity (Wildman–Crippen MR) is 113 cm³/mol. The Morgan fingerprint density at radius 2 is 1.16 bits per heavy atom. The molecule has 2 heteroatoms. The van der Waals surface area contributed by atoms with Crippen LogP contribution in [0.25, 0.3) is 0 Å². The normalized spacial score (nSPS) is 17.5. The van der Waals surface area contributed by atoms with E-state index in [9.17, 15) is 0 Å². The molecule has 25 heavy (non-hydrogen) atoms. The zero-order valence-corrected chi connectivity index (χ0v) is 18.0. The molecule has 0 N–H and O–H groups in total. The number of hydrogen-bond donors (Lipinski definition) is 0. The highest BCUT2D eigenvalue weighted by molar-refractivity contribution is 4.99. The lowest BCUT2D eigenvalue weighted by molar-refractivity contribution is 0.0843. The van der Waals surface area contributed by atoms with Gasteiger partial charge >= 0.3 is 0 Å². The summed E-state index contributed by atoms with van der Waals surface area (Å²) < 4.78 is 0. The van der Waals surface area contributed by atoms with Gasteiger partial charge in [-0.1, -0.05) is 91.4 Å². The van der Waals surface area contributed by atoms with E-state index in [-0.39, 0.29) is 0 Å². The molecule has 1 aliphatic heterocycles. The van der Waals surface area contributed by atoms with Crippen LogP contribution in [0.1, 0.15) is 112 Å². The summed E-state index contributed by atoms with van der Waals surface area (Å²) in [5, 5.41) is 0. The summed E-state index contributed by atoms with van der Waals surface area (Å²) in [4.78, 5) is 5.09. The summed E-state index contributed by atoms with van der Waals surface area (Å²) in [7, 11) is 0. The van der Waals surface area contributed by atoms with Gasteiger partial charge in [0.2, 0.25) is 0 Å². The third-order valence-electron chi connectivity index (χ3n) is 5.54. The van der Waals surface area contributed by atoms with Crippen LogP contribution in [0.2, 0.25) is 0 Å². The van der Waals surface area contributed by atoms with Crippen LogP contribution in [-0.2, 0) is 0 Å². The molecule has 1 atom stereocenters. The summed E-state index contributed by atoms with van der Waals surface area (Å²) in [6.45, 7) is 12.8. The average Bonchev–Trinajstić information content (AvgIpc) is 3.00. The van der Waals surface area contributed by atoms with Crippen LogP contribution in [0.3, 0.4) is 0 Å². The standard InChI is InChI=1S/C23H46N2/c1-6-7-8-9-10-11-12-13-14-15-16-17-18-24-19-20-25(22(4)5)23(24)21(2)3/h19-23H,6-18H2,1-5H3. The lowest BCUT2D eigenvalue weighted by Gasteiger charge is -2.38. The second-order valence-corrected chi connectivity index (χ2v) is 8.62. The van der Waals surface area contributed by atoms with Gasteiger partial charge < -0.3 is 9.80 Å². The summed E-state index contributed by atoms with van der Waals surface area (Å²) in [6.07, 6.45) is 22.3. The van der Waals surface area contributed by atoms with E-state index < -0.39 is 0 Å². The Labute approximate surface area is 159 Å². The van der Waals surface area contributed by atoms with Gasteiger partial charge in [-0.05, 0) is 26.2 Å². The van der Waals surface area contributed by atoms with Crippen molar-refractivity contribution < 1.29 is 0 Å². The molecule has 0 amide bonds. The third kappa shape index (κ3) is 9.01. The maximum Gasteiger partial charge on any atom is 0.103 e. The van der Waals surface area contributed by atoms with Crippen LogP contribution in [-0.4, -0.2) is 28.6 Å². The van der Waals surface area contributed by atoms with Crippen molar-refractivity contribution in [1.29, 1.82) is 0 Å². The molecule has 1 unspecified atom stereocenters. The minimum Gasteiger partial charge on any atom is -0.356 e. The van der Waals surface area contributed by atoms with Crippen LogP contribution in [0, 0.1) is 5.92 Å². The van der Waals surface area contributed by atoms with Crippen molar-refractivity contribution >= 4 is 0 Å². The number of rotatable bonds is 15. The van der Waals surface area contributed by atoms with Crippen LogP contribution in [0.5, 0.6) is 0 Å². The largest absolute Gasteiger partial charge is 0.356 e. The van der Waals surface area contributed by atoms with E-state index in [0.717, 1.165) is 0 Å². The van der Waals surface area contributed by atoms with Crippen molar-refractivity contribution in [3.63, 3.8) is 0 Å². The molecule has 0 aromatic rings. The molecule has 0 bridgehead atoms. The molecule has 0 radical (unpaired) electrons. The van der Waals surface area contributed by atoms with Gasteiger partial charge in [-0.2, -0.15) is 0 Å². The van der Waals surface area contributed by atoms with Gasteiger partial charge in [0.1, 0.15) is 6.17 Å². The minimum atomic E-state index is 0.563. The molecule has 0 saturated carbocycles. The fourth-order valence-corrected chi connectivity index (χ4v) is 4.06. The van der Waals surface area contributed by atoms with Gasteiger partial charge in [0.15, 0.2) is 0 Å². The molecule has 148 valence electrons. The fraction of sp³-hybridized carbons (Fsp3) is 0.913. The zero-order valence-electron chi connectivity index (χ0n) is 18.0. The Bertz CT molecular complexity index is 335. The Balaban J connectivity index is 2.00. The van der Waals surface area contributed by atoms with E-state index in [2.05, 4.69) is 56.8 Å². The van der Waals surface area contributed by atoms with E-state index in [0.29, 0.717) is 18.1 Å². The number of hydrogen-bond acceptors (Lipinski definition) is 2. The third-order valence-corrected chi connectivity index (χ3v) is 5.54. The molecule has 0 saturated heterocycles. The lowest BCUT2D eigenvalue weighted by Crippen LogP contribution is -2.45. The van der Waals surface area contributed by atoms with Gasteiger partial charge in [0, 0.05) is 25.0 Å². The first-order valence-corrected chi connectivity index (χ1v) is 11.3. The van der Waals surface area contributed by atoms with Gasteiger partial charge in [-0.25, -0.2) is 0 Å². The maximum atomic E-state index is 2.57. The zero-order chi connectivity index (χ0) is 18.5. The summed E-state index contributed by atoms with van der Waals surface area (Å²) in [6, 6.07) is 0.593. The van der Waals surface area contributed by atoms with E-state index in [1.165, 1.54) is 83.6 Å². The van der Waals surface area contributed by atoms with Gasteiger partial charge in [-0.3, -0.25) is 0 Å². The molecule has 0 aromatic heterocycles. The Hall–Kier alpha value is -0.660. The van der Waals surface area contributed by atoms with Crippen LogP contribution in [0.15, 0.2) is 12.4 Å². The minimum absolute atomic E-state index is 0.563. The Morgan fingerprint density at radius 3 is 1.60 bits per heavy atom. The SMILES string of the molecule is CCCCCCCCCCCCCCN1C=CN(C(C)C)C1C(C)C. The topological polar surface area (TPSA) is 6.48 Å². The molecule has 0 aliphatic carbocycles. The van der Waals surface area contributed by atoms with E-state index in [1.807, 2.05) is 0 Å². The van der Waals surface area contributed by atoms with Crippen molar-refractivity contribution in [3.05, 3.63) is 12.4 Å². The first kappa shape index (κ1) is 22.4. The first-order chi connectivity index (χ1) is 12.1. The monoisotopic (exact) mass is 350 g/mol. The van der Waals surface area contributed by atoms with Gasteiger partial charge in [0.05, 0.1) is 0 Å². The predicted octanol–water partition coefficient (Wildman–Crippen LogP) is 7.17. The van der Waals surface area contributed by atoms with Gasteiger partial charge in [-0.15, -0.1) is 0 Å². The molecule has 1 aliphatic rings. The molecule has 0 aromatic carbocycles. The highest BCUT2D eigenvalue weighted by Crippen LogP contribution is 2.25. The van der Waals surface area contributed by atoms with Crippen molar-refractivity contribution in [2.75, 3.05) is 6.54 Å². The van der Waals surface area contributed by atoms with E-state index in [1.54, 1.807) is 0 Å². The quantitative estimate of drug-likeness (QED) is 0.289. The Kier molecular flexibility index (Phi) is 12.1. The van der Waals surface area contributed by atoms with Gasteiger partial charge in [0.25, 0.3) is 0 Å². The number of nitrogens with zero attached hydrogens (tertiary/aromatic N) is 2. The van der Waals surface area contributed by atoms with Crippen LogP contribution >= 0.6 is 0 Å². The summed E-state index contributed by atoms with van der Waals surface area (Å²) in [5.74, 6) is 0.676. The Morgan fingerprint density at radius 1 is 0.680 bits per heavy atom. The second-order valence-electron chi connectivity index (χ2n) is 8.62. The molecule has 1 rings (SSSR count). The van der Waals surface area contributed by atoms with Crippen molar-refractivity contribution in [1.82, 2.24) is 9.80 Å². The van der Waals surface area contributed by atoms with Crippen LogP contribution in [0.4, 0.5) is 0 Å². The highest BCUT2D eigenvalue weighted by atomic mass is 15.4. The lowest BCUT2D eigenvalue weighted by atomic mass is 10.0. The van der Waals surface area contributed by atoms with Crippen molar-refractivity contribution in [2.45, 2.75) is 124 Å². The average molecular weight is 351 g/mol. The smallest absolute Gasteiger partial charge is 0.103 e. The van der Waals surface area contributed by atoms with Crippen molar-refractivity contribution in [2.24, 2.45) is 5.92 Å². The molecule has 2 nitrogen and oxygen atoms in total. The van der Waals surface area contributed by atoms with Crippen LogP contribution < -0.4 is 0 Å². The fourth-order valence-electron chi connectivity index (χ4n) is 4.06. The number of unbranched alkanes of at least 4 members (excludes halogenated alkanes) is 11. The van der Waals surface area contributed by atoms with Crippen molar-refractivity contribution in [3.8, 4) is 0 Å². The molecule has 0 spiro atoms. The molecular formula is C23H46N2. The molecular weight excluding hydrogens is 304 g/mol. The highest BCUT2D eigenvalue weighted by Gasteiger charge is 2.29. The molecule has 1 heterocycles. The van der Waals surface area contributed by atoms with E-state index >= 15 is 0 Å². The first-order valence-electron chi connectivity index (χ1n) is 11.3. The maximum absolute atomic E-state index is 2.57. The molecule has 0 fully saturated rings. The van der Waals surface area contributed by atoms with E-state index in [4.69, 9.17) is 0 Å². The summed E-state index contributed by atoms with van der Waals surface area (Å²) in [5.41, 5.74) is 0. The summed E-state index contributed by atoms with van der Waals surface area (Å²) >= 11 is 0. The second kappa shape index (κ2) is 13.5.